The number of carbonyl (C=O) groups is 2. The van der Waals surface area contributed by atoms with Crippen LogP contribution in [0.4, 0.5) is 4.79 Å². The maximum absolute atomic E-state index is 12.2. The number of carbonyl (C=O) groups excluding carboxylic acids is 1. The predicted molar refractivity (Wildman–Crippen MR) is 72.0 cm³/mol. The summed E-state index contributed by atoms with van der Waals surface area (Å²) in [5, 5.41) is 12.3. The average Bonchev–Trinajstić information content (AvgIpc) is 2.34. The predicted octanol–water partition coefficient (Wildman–Crippen LogP) is 2.22. The first-order valence-electron chi connectivity index (χ1n) is 7.21. The highest BCUT2D eigenvalue weighted by Crippen LogP contribution is 2.35. The number of urea groups is 1. The molecule has 0 aromatic carbocycles. The van der Waals surface area contributed by atoms with E-state index in [4.69, 9.17) is 0 Å². The molecule has 1 saturated carbocycles. The summed E-state index contributed by atoms with van der Waals surface area (Å²) in [4.78, 5) is 25.1. The lowest BCUT2D eigenvalue weighted by Crippen LogP contribution is -2.58. The Balaban J connectivity index is 1.87. The Bertz CT molecular complexity index is 363. The van der Waals surface area contributed by atoms with Crippen molar-refractivity contribution in [3.05, 3.63) is 0 Å². The minimum Gasteiger partial charge on any atom is -0.481 e. The number of aliphatic carboxylic acids is 1. The fraction of sp³-hybridized carbons (Fsp3) is 0.857. The molecule has 5 heteroatoms. The first kappa shape index (κ1) is 14.2. The Morgan fingerprint density at radius 3 is 2.16 bits per heavy atom. The van der Waals surface area contributed by atoms with Crippen LogP contribution in [0.15, 0.2) is 0 Å². The molecule has 0 aromatic heterocycles. The number of rotatable bonds is 3. The molecule has 2 aliphatic rings. The highest BCUT2D eigenvalue weighted by Gasteiger charge is 2.41. The second-order valence-electron chi connectivity index (χ2n) is 6.27. The number of piperidine rings is 1. The van der Waals surface area contributed by atoms with E-state index in [2.05, 4.69) is 12.2 Å². The zero-order valence-corrected chi connectivity index (χ0v) is 11.9. The van der Waals surface area contributed by atoms with Gasteiger partial charge in [-0.25, -0.2) is 4.79 Å². The molecule has 5 nitrogen and oxygen atoms in total. The average molecular weight is 268 g/mol. The SMILES string of the molecule is CCC1(NC(=O)N2CCC(C)(C(=O)O)CC2)CCC1. The van der Waals surface area contributed by atoms with Crippen molar-refractivity contribution in [1.29, 1.82) is 0 Å². The number of nitrogens with one attached hydrogen (secondary N) is 1. The van der Waals surface area contributed by atoms with Crippen LogP contribution >= 0.6 is 0 Å². The quantitative estimate of drug-likeness (QED) is 0.824. The number of likely N-dealkylation sites (tertiary alicyclic amines) is 1. The van der Waals surface area contributed by atoms with Gasteiger partial charge in [-0.1, -0.05) is 6.92 Å². The molecule has 1 aliphatic heterocycles. The van der Waals surface area contributed by atoms with E-state index in [0.29, 0.717) is 25.9 Å². The second-order valence-corrected chi connectivity index (χ2v) is 6.27. The van der Waals surface area contributed by atoms with Gasteiger partial charge in [-0.05, 0) is 45.4 Å². The van der Waals surface area contributed by atoms with Gasteiger partial charge in [0.25, 0.3) is 0 Å². The first-order chi connectivity index (χ1) is 8.91. The first-order valence-corrected chi connectivity index (χ1v) is 7.21. The monoisotopic (exact) mass is 268 g/mol. The van der Waals surface area contributed by atoms with Crippen LogP contribution in [0.25, 0.3) is 0 Å². The number of amides is 2. The van der Waals surface area contributed by atoms with Gasteiger partial charge in [0, 0.05) is 18.6 Å². The number of carboxylic acids is 1. The highest BCUT2D eigenvalue weighted by atomic mass is 16.4. The third-order valence-corrected chi connectivity index (χ3v) is 5.03. The van der Waals surface area contributed by atoms with Crippen LogP contribution in [0.3, 0.4) is 0 Å². The summed E-state index contributed by atoms with van der Waals surface area (Å²) in [6.45, 7) is 4.95. The third kappa shape index (κ3) is 2.69. The summed E-state index contributed by atoms with van der Waals surface area (Å²) in [7, 11) is 0. The van der Waals surface area contributed by atoms with Crippen molar-refractivity contribution in [2.24, 2.45) is 5.41 Å². The van der Waals surface area contributed by atoms with E-state index >= 15 is 0 Å². The summed E-state index contributed by atoms with van der Waals surface area (Å²) in [6.07, 6.45) is 5.36. The standard InChI is InChI=1S/C14H24N2O3/c1-3-14(5-4-6-14)15-12(19)16-9-7-13(2,8-10-16)11(17)18/h3-10H2,1-2H3,(H,15,19)(H,17,18). The maximum atomic E-state index is 12.2. The van der Waals surface area contributed by atoms with E-state index in [1.807, 2.05) is 0 Å². The molecule has 0 bridgehead atoms. The Morgan fingerprint density at radius 1 is 1.21 bits per heavy atom. The number of carboxylic acid groups (broad SMARTS) is 1. The Morgan fingerprint density at radius 2 is 1.79 bits per heavy atom. The van der Waals surface area contributed by atoms with Crippen LogP contribution in [0.2, 0.25) is 0 Å². The molecule has 2 rings (SSSR count). The third-order valence-electron chi connectivity index (χ3n) is 5.03. The molecule has 2 amide bonds. The van der Waals surface area contributed by atoms with Crippen molar-refractivity contribution < 1.29 is 14.7 Å². The largest absolute Gasteiger partial charge is 0.481 e. The van der Waals surface area contributed by atoms with Crippen molar-refractivity contribution in [3.63, 3.8) is 0 Å². The fourth-order valence-corrected chi connectivity index (χ4v) is 2.89. The molecule has 0 atom stereocenters. The highest BCUT2D eigenvalue weighted by molar-refractivity contribution is 5.77. The number of nitrogens with zero attached hydrogens (tertiary/aromatic N) is 1. The lowest BCUT2D eigenvalue weighted by atomic mass is 9.75. The zero-order chi connectivity index (χ0) is 14.1. The van der Waals surface area contributed by atoms with Gasteiger partial charge in [-0.15, -0.1) is 0 Å². The van der Waals surface area contributed by atoms with Crippen molar-refractivity contribution in [2.75, 3.05) is 13.1 Å². The van der Waals surface area contributed by atoms with Crippen LogP contribution in [0.5, 0.6) is 0 Å². The molecule has 0 radical (unpaired) electrons. The lowest BCUT2D eigenvalue weighted by Gasteiger charge is -2.44. The van der Waals surface area contributed by atoms with E-state index in [-0.39, 0.29) is 11.6 Å². The van der Waals surface area contributed by atoms with E-state index in [1.54, 1.807) is 11.8 Å². The summed E-state index contributed by atoms with van der Waals surface area (Å²) < 4.78 is 0. The van der Waals surface area contributed by atoms with E-state index in [1.165, 1.54) is 6.42 Å². The van der Waals surface area contributed by atoms with Gasteiger partial charge in [0.15, 0.2) is 0 Å². The van der Waals surface area contributed by atoms with Crippen molar-refractivity contribution in [3.8, 4) is 0 Å². The van der Waals surface area contributed by atoms with Gasteiger partial charge in [0.05, 0.1) is 5.41 Å². The van der Waals surface area contributed by atoms with Crippen LogP contribution in [0, 0.1) is 5.41 Å². The molecular formula is C14H24N2O3. The van der Waals surface area contributed by atoms with Crippen LogP contribution in [-0.2, 0) is 4.79 Å². The fourth-order valence-electron chi connectivity index (χ4n) is 2.89. The molecule has 108 valence electrons. The van der Waals surface area contributed by atoms with Crippen molar-refractivity contribution >= 4 is 12.0 Å². The van der Waals surface area contributed by atoms with Gasteiger partial charge in [-0.3, -0.25) is 4.79 Å². The van der Waals surface area contributed by atoms with E-state index < -0.39 is 11.4 Å². The Labute approximate surface area is 114 Å². The Kier molecular flexibility index (Phi) is 3.74. The summed E-state index contributed by atoms with van der Waals surface area (Å²) in [6, 6.07) is -0.0195. The van der Waals surface area contributed by atoms with Crippen LogP contribution in [-0.4, -0.2) is 40.6 Å². The zero-order valence-electron chi connectivity index (χ0n) is 11.9. The molecule has 1 aliphatic carbocycles. The maximum Gasteiger partial charge on any atom is 0.317 e. The lowest BCUT2D eigenvalue weighted by molar-refractivity contribution is -0.150. The molecule has 2 N–H and O–H groups in total. The molecule has 2 fully saturated rings. The second kappa shape index (κ2) is 5.02. The van der Waals surface area contributed by atoms with Crippen LogP contribution < -0.4 is 5.32 Å². The molecule has 0 spiro atoms. The minimum absolute atomic E-state index is 0.00459. The van der Waals surface area contributed by atoms with Gasteiger partial charge in [0.1, 0.15) is 0 Å². The van der Waals surface area contributed by atoms with E-state index in [9.17, 15) is 14.7 Å². The summed E-state index contributed by atoms with van der Waals surface area (Å²) >= 11 is 0. The summed E-state index contributed by atoms with van der Waals surface area (Å²) in [5.74, 6) is -0.753. The van der Waals surface area contributed by atoms with Gasteiger partial charge < -0.3 is 15.3 Å². The number of hydrogen-bond acceptors (Lipinski definition) is 2. The van der Waals surface area contributed by atoms with Crippen molar-refractivity contribution in [2.45, 2.75) is 57.9 Å². The van der Waals surface area contributed by atoms with Crippen molar-refractivity contribution in [1.82, 2.24) is 10.2 Å². The van der Waals surface area contributed by atoms with Gasteiger partial charge in [-0.2, -0.15) is 0 Å². The molecule has 0 unspecified atom stereocenters. The van der Waals surface area contributed by atoms with Gasteiger partial charge in [0.2, 0.25) is 0 Å². The van der Waals surface area contributed by atoms with Crippen LogP contribution in [0.1, 0.15) is 52.4 Å². The topological polar surface area (TPSA) is 69.6 Å². The van der Waals surface area contributed by atoms with E-state index in [0.717, 1.165) is 19.3 Å². The molecule has 1 saturated heterocycles. The molecule has 0 aromatic rings. The minimum atomic E-state index is -0.753. The smallest absolute Gasteiger partial charge is 0.317 e. The molecule has 19 heavy (non-hydrogen) atoms. The van der Waals surface area contributed by atoms with Gasteiger partial charge >= 0.3 is 12.0 Å². The molecule has 1 heterocycles. The Hall–Kier alpha value is -1.26. The molecular weight excluding hydrogens is 244 g/mol. The number of hydrogen-bond donors (Lipinski definition) is 2. The summed E-state index contributed by atoms with van der Waals surface area (Å²) in [5.41, 5.74) is -0.666. The normalized spacial score (nSPS) is 24.4.